The Morgan fingerprint density at radius 3 is 2.60 bits per heavy atom. The zero-order valence-corrected chi connectivity index (χ0v) is 11.1. The van der Waals surface area contributed by atoms with Gasteiger partial charge >= 0.3 is 5.69 Å². The molecule has 106 valence electrons. The molecule has 20 heavy (non-hydrogen) atoms. The van der Waals surface area contributed by atoms with Crippen molar-refractivity contribution in [3.63, 3.8) is 0 Å². The van der Waals surface area contributed by atoms with Crippen LogP contribution in [0.25, 0.3) is 6.08 Å². The monoisotopic (exact) mass is 275 g/mol. The molecule has 1 aromatic rings. The number of hydrogen-bond donors (Lipinski definition) is 3. The predicted molar refractivity (Wildman–Crippen MR) is 76.5 cm³/mol. The number of allylic oxidation sites excluding steroid dienone is 2. The Balaban J connectivity index is 2.05. The summed E-state index contributed by atoms with van der Waals surface area (Å²) in [5.41, 5.74) is 1.37. The highest BCUT2D eigenvalue weighted by Gasteiger charge is 2.04. The molecule has 3 N–H and O–H groups in total. The Kier molecular flexibility index (Phi) is 4.63. The smallest absolute Gasteiger partial charge is 0.328 e. The molecule has 1 saturated heterocycles. The lowest BCUT2D eigenvalue weighted by atomic mass is 10.1. The third-order valence-electron chi connectivity index (χ3n) is 3.07. The standard InChI is InChI=1S/C14H17N3O3/c18-12-11(13(19)16-14(20)15-12)7-3-1-4-8-17-9-5-2-6-10-17/h1,4,7-8H,2,5-6,9-10H2,(H3,15,16,18,19,20). The largest absolute Gasteiger partial charge is 0.494 e. The van der Waals surface area contributed by atoms with Crippen LogP contribution in [-0.2, 0) is 0 Å². The molecule has 0 saturated carbocycles. The molecule has 1 aromatic heterocycles. The van der Waals surface area contributed by atoms with Crippen molar-refractivity contribution in [2.24, 2.45) is 0 Å². The van der Waals surface area contributed by atoms with Crippen LogP contribution in [0.5, 0.6) is 5.88 Å². The molecule has 1 fully saturated rings. The summed E-state index contributed by atoms with van der Waals surface area (Å²) in [5, 5.41) is 9.45. The first kappa shape index (κ1) is 14.0. The molecule has 2 rings (SSSR count). The summed E-state index contributed by atoms with van der Waals surface area (Å²) in [5.74, 6) is -0.459. The van der Waals surface area contributed by atoms with Gasteiger partial charge in [-0.3, -0.25) is 14.8 Å². The highest BCUT2D eigenvalue weighted by atomic mass is 16.3. The highest BCUT2D eigenvalue weighted by Crippen LogP contribution is 2.08. The summed E-state index contributed by atoms with van der Waals surface area (Å²) in [6, 6.07) is 0. The van der Waals surface area contributed by atoms with Gasteiger partial charge in [-0.1, -0.05) is 0 Å². The van der Waals surface area contributed by atoms with E-state index in [4.69, 9.17) is 0 Å². The average Bonchev–Trinajstić information content (AvgIpc) is 2.42. The first-order valence-electron chi connectivity index (χ1n) is 6.56. The van der Waals surface area contributed by atoms with Crippen molar-refractivity contribution in [3.8, 4) is 5.88 Å². The van der Waals surface area contributed by atoms with E-state index < -0.39 is 17.1 Å². The minimum absolute atomic E-state index is 0.0211. The second-order valence-corrected chi connectivity index (χ2v) is 4.59. The molecule has 0 aromatic carbocycles. The van der Waals surface area contributed by atoms with Gasteiger partial charge in [-0.2, -0.15) is 0 Å². The third-order valence-corrected chi connectivity index (χ3v) is 3.07. The second-order valence-electron chi connectivity index (χ2n) is 4.59. The molecular formula is C14H17N3O3. The number of piperidine rings is 1. The first-order chi connectivity index (χ1) is 9.66. The maximum Gasteiger partial charge on any atom is 0.328 e. The van der Waals surface area contributed by atoms with Crippen LogP contribution in [0.1, 0.15) is 24.8 Å². The van der Waals surface area contributed by atoms with Crippen molar-refractivity contribution in [1.82, 2.24) is 14.9 Å². The number of aromatic nitrogens is 2. The van der Waals surface area contributed by atoms with Crippen molar-refractivity contribution in [2.45, 2.75) is 19.3 Å². The lowest BCUT2D eigenvalue weighted by Gasteiger charge is -2.24. The Morgan fingerprint density at radius 1 is 1.15 bits per heavy atom. The Hall–Kier alpha value is -2.46. The number of rotatable bonds is 3. The lowest BCUT2D eigenvalue weighted by molar-refractivity contribution is 0.309. The SMILES string of the molecule is O=c1[nH]c(O)c(C=C=CC=CN2CCCCC2)c(=O)[nH]1. The van der Waals surface area contributed by atoms with Crippen LogP contribution < -0.4 is 11.2 Å². The maximum absolute atomic E-state index is 11.4. The van der Waals surface area contributed by atoms with Gasteiger partial charge in [0.2, 0.25) is 5.88 Å². The van der Waals surface area contributed by atoms with Crippen molar-refractivity contribution in [2.75, 3.05) is 13.1 Å². The van der Waals surface area contributed by atoms with Crippen molar-refractivity contribution >= 4 is 6.08 Å². The van der Waals surface area contributed by atoms with Crippen LogP contribution >= 0.6 is 0 Å². The zero-order chi connectivity index (χ0) is 14.4. The van der Waals surface area contributed by atoms with Crippen LogP contribution in [0.2, 0.25) is 0 Å². The second kappa shape index (κ2) is 6.63. The summed E-state index contributed by atoms with van der Waals surface area (Å²) in [7, 11) is 0. The number of likely N-dealkylation sites (tertiary alicyclic amines) is 1. The van der Waals surface area contributed by atoms with Gasteiger partial charge in [0, 0.05) is 13.1 Å². The maximum atomic E-state index is 11.4. The Labute approximate surface area is 115 Å². The summed E-state index contributed by atoms with van der Waals surface area (Å²) in [6.45, 7) is 2.13. The number of aromatic amines is 2. The van der Waals surface area contributed by atoms with E-state index in [0.717, 1.165) is 13.1 Å². The molecule has 0 bridgehead atoms. The molecule has 0 atom stereocenters. The third kappa shape index (κ3) is 3.76. The molecule has 6 nitrogen and oxygen atoms in total. The average molecular weight is 275 g/mol. The number of nitrogens with zero attached hydrogens (tertiary/aromatic N) is 1. The van der Waals surface area contributed by atoms with E-state index in [2.05, 4.69) is 15.6 Å². The normalized spacial score (nSPS) is 15.1. The van der Waals surface area contributed by atoms with Gasteiger partial charge in [0.1, 0.15) is 5.56 Å². The van der Waals surface area contributed by atoms with E-state index >= 15 is 0 Å². The lowest BCUT2D eigenvalue weighted by Crippen LogP contribution is -2.23. The van der Waals surface area contributed by atoms with E-state index in [0.29, 0.717) is 0 Å². The van der Waals surface area contributed by atoms with E-state index in [1.54, 1.807) is 6.08 Å². The summed E-state index contributed by atoms with van der Waals surface area (Å²) < 4.78 is 0. The summed E-state index contributed by atoms with van der Waals surface area (Å²) in [6.07, 6.45) is 10.5. The number of nitrogens with one attached hydrogen (secondary N) is 2. The topological polar surface area (TPSA) is 89.2 Å². The number of hydrogen-bond acceptors (Lipinski definition) is 4. The van der Waals surface area contributed by atoms with Gasteiger partial charge in [0.05, 0.1) is 0 Å². The summed E-state index contributed by atoms with van der Waals surface area (Å²) in [4.78, 5) is 28.7. The zero-order valence-electron chi connectivity index (χ0n) is 11.1. The minimum atomic E-state index is -0.737. The molecule has 1 aliphatic heterocycles. The fraction of sp³-hybridized carbons (Fsp3) is 0.357. The van der Waals surface area contributed by atoms with Crippen molar-refractivity contribution in [1.29, 1.82) is 0 Å². The van der Waals surface area contributed by atoms with Crippen LogP contribution in [0, 0.1) is 0 Å². The van der Waals surface area contributed by atoms with Gasteiger partial charge in [0.15, 0.2) is 0 Å². The van der Waals surface area contributed by atoms with E-state index in [1.165, 1.54) is 25.3 Å². The van der Waals surface area contributed by atoms with Crippen molar-refractivity contribution in [3.05, 3.63) is 50.5 Å². The Bertz CT molecular complexity index is 657. The quantitative estimate of drug-likeness (QED) is 0.565. The molecule has 0 aliphatic carbocycles. The fourth-order valence-electron chi connectivity index (χ4n) is 2.04. The summed E-state index contributed by atoms with van der Waals surface area (Å²) >= 11 is 0. The molecule has 0 spiro atoms. The molecule has 6 heteroatoms. The first-order valence-corrected chi connectivity index (χ1v) is 6.56. The highest BCUT2D eigenvalue weighted by molar-refractivity contribution is 5.52. The van der Waals surface area contributed by atoms with Gasteiger partial charge in [0.25, 0.3) is 5.56 Å². The molecular weight excluding hydrogens is 258 g/mol. The van der Waals surface area contributed by atoms with Gasteiger partial charge in [-0.25, -0.2) is 4.79 Å². The van der Waals surface area contributed by atoms with Gasteiger partial charge in [-0.15, -0.1) is 5.73 Å². The van der Waals surface area contributed by atoms with Gasteiger partial charge in [-0.05, 0) is 43.7 Å². The predicted octanol–water partition coefficient (Wildman–Crippen LogP) is 0.937. The Morgan fingerprint density at radius 2 is 1.90 bits per heavy atom. The van der Waals surface area contributed by atoms with Crippen LogP contribution in [-0.4, -0.2) is 33.1 Å². The van der Waals surface area contributed by atoms with Crippen LogP contribution in [0.3, 0.4) is 0 Å². The molecule has 1 aliphatic rings. The van der Waals surface area contributed by atoms with E-state index in [-0.39, 0.29) is 5.56 Å². The van der Waals surface area contributed by atoms with E-state index in [9.17, 15) is 14.7 Å². The molecule has 2 heterocycles. The van der Waals surface area contributed by atoms with E-state index in [1.807, 2.05) is 17.3 Å². The van der Waals surface area contributed by atoms with Crippen LogP contribution in [0.4, 0.5) is 0 Å². The molecule has 0 unspecified atom stereocenters. The molecule has 0 radical (unpaired) electrons. The number of aromatic hydroxyl groups is 1. The van der Waals surface area contributed by atoms with Gasteiger partial charge < -0.3 is 10.0 Å². The molecule has 0 amide bonds. The minimum Gasteiger partial charge on any atom is -0.494 e. The fourth-order valence-corrected chi connectivity index (χ4v) is 2.04. The van der Waals surface area contributed by atoms with Crippen molar-refractivity contribution < 1.29 is 5.11 Å². The number of H-pyrrole nitrogens is 2. The van der Waals surface area contributed by atoms with Crippen LogP contribution in [0.15, 0.2) is 33.7 Å².